The van der Waals surface area contributed by atoms with Crippen LogP contribution in [-0.4, -0.2) is 33.3 Å². The molecule has 21 heavy (non-hydrogen) atoms. The van der Waals surface area contributed by atoms with Gasteiger partial charge in [0.25, 0.3) is 5.91 Å². The van der Waals surface area contributed by atoms with Crippen molar-refractivity contribution >= 4 is 11.6 Å². The number of amides is 1. The van der Waals surface area contributed by atoms with Crippen molar-refractivity contribution in [3.8, 4) is 0 Å². The molecule has 0 spiro atoms. The monoisotopic (exact) mass is 285 g/mol. The van der Waals surface area contributed by atoms with E-state index >= 15 is 0 Å². The molecule has 7 nitrogen and oxygen atoms in total. The van der Waals surface area contributed by atoms with Crippen LogP contribution in [0.1, 0.15) is 23.9 Å². The predicted molar refractivity (Wildman–Crippen MR) is 75.4 cm³/mol. The second kappa shape index (κ2) is 6.17. The van der Waals surface area contributed by atoms with Gasteiger partial charge in [-0.05, 0) is 5.56 Å². The molecule has 1 aliphatic heterocycles. The van der Waals surface area contributed by atoms with Gasteiger partial charge in [-0.15, -0.1) is 0 Å². The molecule has 1 aromatic heterocycles. The first-order valence-electron chi connectivity index (χ1n) is 6.73. The Labute approximate surface area is 121 Å². The molecular weight excluding hydrogens is 270 g/mol. The molecule has 1 aromatic carbocycles. The number of rotatable bonds is 5. The minimum Gasteiger partial charge on any atom is -0.387 e. The number of benzene rings is 1. The summed E-state index contributed by atoms with van der Waals surface area (Å²) in [6.07, 6.45) is 2.35. The van der Waals surface area contributed by atoms with E-state index in [0.717, 1.165) is 11.4 Å². The topological polar surface area (TPSA) is 92.3 Å². The molecular formula is C14H15N5O2. The minimum absolute atomic E-state index is 0.179. The van der Waals surface area contributed by atoms with Gasteiger partial charge in [0.15, 0.2) is 6.10 Å². The van der Waals surface area contributed by atoms with Crippen LogP contribution in [0.2, 0.25) is 0 Å². The van der Waals surface area contributed by atoms with E-state index in [1.54, 1.807) is 0 Å². The van der Waals surface area contributed by atoms with E-state index in [1.165, 1.54) is 6.33 Å². The highest BCUT2D eigenvalue weighted by Gasteiger charge is 2.26. The van der Waals surface area contributed by atoms with Crippen LogP contribution in [0.5, 0.6) is 0 Å². The second-order valence-electron chi connectivity index (χ2n) is 4.68. The van der Waals surface area contributed by atoms with Crippen LogP contribution in [-0.2, 0) is 16.1 Å². The molecule has 0 radical (unpaired) electrons. The van der Waals surface area contributed by atoms with E-state index in [4.69, 9.17) is 4.84 Å². The molecule has 2 N–H and O–H groups in total. The molecule has 2 heterocycles. The highest BCUT2D eigenvalue weighted by atomic mass is 16.6. The van der Waals surface area contributed by atoms with E-state index in [-0.39, 0.29) is 12.0 Å². The van der Waals surface area contributed by atoms with E-state index in [1.807, 2.05) is 30.3 Å². The summed E-state index contributed by atoms with van der Waals surface area (Å²) < 4.78 is 0. The molecule has 7 heteroatoms. The normalized spacial score (nSPS) is 17.1. The summed E-state index contributed by atoms with van der Waals surface area (Å²) in [5.41, 5.74) is 1.44. The number of nitrogens with one attached hydrogen (secondary N) is 2. The highest BCUT2D eigenvalue weighted by Crippen LogP contribution is 2.26. The van der Waals surface area contributed by atoms with Crippen molar-refractivity contribution in [3.05, 3.63) is 48.0 Å². The Morgan fingerprint density at radius 1 is 1.38 bits per heavy atom. The van der Waals surface area contributed by atoms with Gasteiger partial charge in [-0.3, -0.25) is 9.89 Å². The molecule has 0 saturated heterocycles. The predicted octanol–water partition coefficient (Wildman–Crippen LogP) is 0.981. The maximum absolute atomic E-state index is 12.0. The molecule has 1 atom stereocenters. The summed E-state index contributed by atoms with van der Waals surface area (Å²) in [4.78, 5) is 21.3. The molecule has 3 rings (SSSR count). The standard InChI is InChI=1S/C14H15N5O2/c20-14(15-7-6-13-16-9-17-18-13)11-8-12(21-19-11)10-4-2-1-3-5-10/h1-5,9,12H,6-8H2,(H,15,20)(H,16,17,18)/t12-/m1/s1. The Bertz CT molecular complexity index is 624. The quantitative estimate of drug-likeness (QED) is 0.856. The van der Waals surface area contributed by atoms with Gasteiger partial charge in [0.2, 0.25) is 0 Å². The Kier molecular flexibility index (Phi) is 3.90. The first kappa shape index (κ1) is 13.3. The summed E-state index contributed by atoms with van der Waals surface area (Å²) in [5, 5.41) is 13.2. The lowest BCUT2D eigenvalue weighted by Gasteiger charge is -2.07. The van der Waals surface area contributed by atoms with E-state index in [0.29, 0.717) is 25.1 Å². The largest absolute Gasteiger partial charge is 0.387 e. The lowest BCUT2D eigenvalue weighted by molar-refractivity contribution is -0.114. The summed E-state index contributed by atoms with van der Waals surface area (Å²) in [6.45, 7) is 0.475. The molecule has 1 aliphatic rings. The van der Waals surface area contributed by atoms with Crippen LogP contribution in [0.15, 0.2) is 41.8 Å². The van der Waals surface area contributed by atoms with Crippen molar-refractivity contribution in [1.82, 2.24) is 20.5 Å². The van der Waals surface area contributed by atoms with Crippen molar-refractivity contribution in [2.24, 2.45) is 5.16 Å². The third-order valence-electron chi connectivity index (χ3n) is 3.21. The van der Waals surface area contributed by atoms with Crippen molar-refractivity contribution in [2.75, 3.05) is 6.54 Å². The fourth-order valence-electron chi connectivity index (χ4n) is 2.11. The van der Waals surface area contributed by atoms with Gasteiger partial charge < -0.3 is 10.2 Å². The van der Waals surface area contributed by atoms with Gasteiger partial charge in [-0.25, -0.2) is 4.98 Å². The Hall–Kier alpha value is -2.70. The smallest absolute Gasteiger partial charge is 0.269 e. The number of carbonyl (C=O) groups is 1. The van der Waals surface area contributed by atoms with Crippen LogP contribution >= 0.6 is 0 Å². The zero-order valence-corrected chi connectivity index (χ0v) is 11.3. The Morgan fingerprint density at radius 2 is 2.24 bits per heavy atom. The number of oxime groups is 1. The number of aromatic nitrogens is 3. The zero-order chi connectivity index (χ0) is 14.5. The van der Waals surface area contributed by atoms with E-state index in [9.17, 15) is 4.79 Å². The first-order valence-corrected chi connectivity index (χ1v) is 6.73. The first-order chi connectivity index (χ1) is 10.3. The molecule has 0 saturated carbocycles. The van der Waals surface area contributed by atoms with Crippen molar-refractivity contribution in [1.29, 1.82) is 0 Å². The van der Waals surface area contributed by atoms with Gasteiger partial charge >= 0.3 is 0 Å². The molecule has 1 amide bonds. The van der Waals surface area contributed by atoms with E-state index < -0.39 is 0 Å². The van der Waals surface area contributed by atoms with Gasteiger partial charge in [0.1, 0.15) is 17.9 Å². The molecule has 0 fully saturated rings. The fraction of sp³-hybridized carbons (Fsp3) is 0.286. The third-order valence-corrected chi connectivity index (χ3v) is 3.21. The number of nitrogens with zero attached hydrogens (tertiary/aromatic N) is 3. The number of H-pyrrole nitrogens is 1. The van der Waals surface area contributed by atoms with Crippen molar-refractivity contribution in [3.63, 3.8) is 0 Å². The molecule has 0 aliphatic carbocycles. The minimum atomic E-state index is -0.201. The van der Waals surface area contributed by atoms with Gasteiger partial charge in [0.05, 0.1) is 0 Å². The molecule has 108 valence electrons. The Morgan fingerprint density at radius 3 is 3.00 bits per heavy atom. The number of hydrogen-bond acceptors (Lipinski definition) is 5. The zero-order valence-electron chi connectivity index (χ0n) is 11.3. The van der Waals surface area contributed by atoms with Crippen LogP contribution in [0, 0.1) is 0 Å². The average molecular weight is 285 g/mol. The van der Waals surface area contributed by atoms with Gasteiger partial charge in [0, 0.05) is 19.4 Å². The third kappa shape index (κ3) is 3.25. The van der Waals surface area contributed by atoms with Crippen LogP contribution in [0.3, 0.4) is 0 Å². The van der Waals surface area contributed by atoms with Crippen molar-refractivity contribution < 1.29 is 9.63 Å². The second-order valence-corrected chi connectivity index (χ2v) is 4.68. The van der Waals surface area contributed by atoms with Crippen molar-refractivity contribution in [2.45, 2.75) is 18.9 Å². The SMILES string of the molecule is O=C(NCCc1ncn[nH]1)C1=NO[C@@H](c2ccccc2)C1. The lowest BCUT2D eigenvalue weighted by atomic mass is 10.0. The molecule has 2 aromatic rings. The van der Waals surface area contributed by atoms with Crippen LogP contribution in [0.4, 0.5) is 0 Å². The van der Waals surface area contributed by atoms with E-state index in [2.05, 4.69) is 25.7 Å². The van der Waals surface area contributed by atoms with Crippen LogP contribution in [0.25, 0.3) is 0 Å². The highest BCUT2D eigenvalue weighted by molar-refractivity contribution is 6.39. The van der Waals surface area contributed by atoms with Gasteiger partial charge in [-0.1, -0.05) is 35.5 Å². The maximum Gasteiger partial charge on any atom is 0.269 e. The molecule has 0 bridgehead atoms. The average Bonchev–Trinajstić information content (AvgIpc) is 3.20. The Balaban J connectivity index is 1.48. The molecule has 0 unspecified atom stereocenters. The summed E-state index contributed by atoms with van der Waals surface area (Å²) in [5.74, 6) is 0.537. The number of aromatic amines is 1. The lowest BCUT2D eigenvalue weighted by Crippen LogP contribution is -2.32. The summed E-state index contributed by atoms with van der Waals surface area (Å²) in [7, 11) is 0. The maximum atomic E-state index is 12.0. The fourth-order valence-corrected chi connectivity index (χ4v) is 2.11. The summed E-state index contributed by atoms with van der Waals surface area (Å²) >= 11 is 0. The summed E-state index contributed by atoms with van der Waals surface area (Å²) in [6, 6.07) is 9.74. The number of carbonyl (C=O) groups excluding carboxylic acids is 1. The van der Waals surface area contributed by atoms with Crippen LogP contribution < -0.4 is 5.32 Å². The van der Waals surface area contributed by atoms with Gasteiger partial charge in [-0.2, -0.15) is 5.10 Å². The number of hydrogen-bond donors (Lipinski definition) is 2.